The van der Waals surface area contributed by atoms with E-state index in [4.69, 9.17) is 55.9 Å². The van der Waals surface area contributed by atoms with Crippen LogP contribution in [0.5, 0.6) is 11.5 Å². The summed E-state index contributed by atoms with van der Waals surface area (Å²) in [6.45, 7) is 0.157. The fourth-order valence-electron chi connectivity index (χ4n) is 2.83. The van der Waals surface area contributed by atoms with Gasteiger partial charge >= 0.3 is 0 Å². The molecule has 0 unspecified atom stereocenters. The van der Waals surface area contributed by atoms with E-state index in [2.05, 4.69) is 5.32 Å². The van der Waals surface area contributed by atoms with Crippen molar-refractivity contribution in [1.29, 1.82) is 5.26 Å². The first-order chi connectivity index (χ1) is 15.8. The summed E-state index contributed by atoms with van der Waals surface area (Å²) < 4.78 is 11.4. The van der Waals surface area contributed by atoms with Crippen LogP contribution in [-0.4, -0.2) is 13.0 Å². The minimum Gasteiger partial charge on any atom is -0.493 e. The number of anilines is 1. The Kier molecular flexibility index (Phi) is 8.49. The second kappa shape index (κ2) is 11.3. The largest absolute Gasteiger partial charge is 0.493 e. The third kappa shape index (κ3) is 6.34. The van der Waals surface area contributed by atoms with Crippen LogP contribution in [0.1, 0.15) is 11.1 Å². The number of carbonyl (C=O) groups excluding carboxylic acids is 1. The number of benzene rings is 3. The molecule has 0 aliphatic rings. The number of nitriles is 1. The summed E-state index contributed by atoms with van der Waals surface area (Å²) in [7, 11) is 1.49. The van der Waals surface area contributed by atoms with Gasteiger partial charge in [0.15, 0.2) is 11.5 Å². The number of halogens is 4. The van der Waals surface area contributed by atoms with E-state index in [9.17, 15) is 10.1 Å². The van der Waals surface area contributed by atoms with Crippen LogP contribution in [0, 0.1) is 11.3 Å². The van der Waals surface area contributed by atoms with Crippen molar-refractivity contribution in [3.63, 3.8) is 0 Å². The molecule has 0 aliphatic carbocycles. The van der Waals surface area contributed by atoms with Crippen LogP contribution in [0.4, 0.5) is 5.69 Å². The molecule has 1 N–H and O–H groups in total. The first-order valence-electron chi connectivity index (χ1n) is 9.44. The molecular weight excluding hydrogens is 506 g/mol. The van der Waals surface area contributed by atoms with Crippen LogP contribution < -0.4 is 14.8 Å². The summed E-state index contributed by atoms with van der Waals surface area (Å²) in [5.74, 6) is 0.131. The monoisotopic (exact) mass is 520 g/mol. The molecular formula is C24H16Cl4N2O3. The summed E-state index contributed by atoms with van der Waals surface area (Å²) in [5, 5.41) is 13.7. The van der Waals surface area contributed by atoms with Crippen LogP contribution in [0.2, 0.25) is 20.1 Å². The van der Waals surface area contributed by atoms with Crippen LogP contribution in [0.25, 0.3) is 6.08 Å². The highest BCUT2D eigenvalue weighted by molar-refractivity contribution is 6.42. The molecule has 0 heterocycles. The van der Waals surface area contributed by atoms with Crippen molar-refractivity contribution < 1.29 is 14.3 Å². The second-order valence-electron chi connectivity index (χ2n) is 6.66. The summed E-state index contributed by atoms with van der Waals surface area (Å²) >= 11 is 24.1. The van der Waals surface area contributed by atoms with Gasteiger partial charge in [0.05, 0.1) is 27.9 Å². The van der Waals surface area contributed by atoms with Crippen molar-refractivity contribution in [2.24, 2.45) is 0 Å². The molecule has 0 bridgehead atoms. The number of para-hydroxylation sites is 1. The molecule has 0 spiro atoms. The quantitative estimate of drug-likeness (QED) is 0.259. The van der Waals surface area contributed by atoms with Gasteiger partial charge in [-0.1, -0.05) is 64.6 Å². The first-order valence-corrected chi connectivity index (χ1v) is 11.0. The Morgan fingerprint density at radius 2 is 1.79 bits per heavy atom. The van der Waals surface area contributed by atoms with Crippen molar-refractivity contribution >= 4 is 64.1 Å². The maximum absolute atomic E-state index is 12.7. The topological polar surface area (TPSA) is 71.3 Å². The van der Waals surface area contributed by atoms with Gasteiger partial charge in [0.2, 0.25) is 0 Å². The van der Waals surface area contributed by atoms with Crippen molar-refractivity contribution in [1.82, 2.24) is 0 Å². The standard InChI is InChI=1S/C24H16Cl4N2O3/c1-32-22-4-2-3-15(23(22)33-13-14-5-7-18(26)20(28)9-14)10-16(12-29)24(31)30-21-11-17(25)6-8-19(21)27/h2-11H,13H2,1H3,(H,30,31)/b16-10+. The van der Waals surface area contributed by atoms with E-state index >= 15 is 0 Å². The molecule has 9 heteroatoms. The minimum absolute atomic E-state index is 0.157. The SMILES string of the molecule is COc1cccc(/C=C(\C#N)C(=O)Nc2cc(Cl)ccc2Cl)c1OCc1ccc(Cl)c(Cl)c1. The average Bonchev–Trinajstić information content (AvgIpc) is 2.80. The molecule has 0 radical (unpaired) electrons. The number of rotatable bonds is 7. The van der Waals surface area contributed by atoms with Gasteiger partial charge in [-0.15, -0.1) is 0 Å². The van der Waals surface area contributed by atoms with Gasteiger partial charge in [-0.05, 0) is 48.0 Å². The van der Waals surface area contributed by atoms with Gasteiger partial charge in [0.25, 0.3) is 5.91 Å². The van der Waals surface area contributed by atoms with Crippen LogP contribution >= 0.6 is 46.4 Å². The molecule has 3 aromatic carbocycles. The lowest BCUT2D eigenvalue weighted by atomic mass is 10.1. The van der Waals surface area contributed by atoms with Crippen molar-refractivity contribution in [3.05, 3.63) is 91.4 Å². The van der Waals surface area contributed by atoms with Gasteiger partial charge in [-0.25, -0.2) is 0 Å². The zero-order valence-electron chi connectivity index (χ0n) is 17.2. The third-order valence-electron chi connectivity index (χ3n) is 4.44. The summed E-state index contributed by atoms with van der Waals surface area (Å²) in [6.07, 6.45) is 1.40. The van der Waals surface area contributed by atoms with Crippen molar-refractivity contribution in [3.8, 4) is 17.6 Å². The zero-order chi connectivity index (χ0) is 24.0. The number of amides is 1. The predicted molar refractivity (Wildman–Crippen MR) is 132 cm³/mol. The number of methoxy groups -OCH3 is 1. The average molecular weight is 522 g/mol. The van der Waals surface area contributed by atoms with E-state index in [0.717, 1.165) is 5.56 Å². The smallest absolute Gasteiger partial charge is 0.266 e. The Morgan fingerprint density at radius 3 is 2.48 bits per heavy atom. The lowest BCUT2D eigenvalue weighted by molar-refractivity contribution is -0.112. The van der Waals surface area contributed by atoms with E-state index in [1.807, 2.05) is 6.07 Å². The highest BCUT2D eigenvalue weighted by Crippen LogP contribution is 2.34. The lowest BCUT2D eigenvalue weighted by Crippen LogP contribution is -2.14. The van der Waals surface area contributed by atoms with Gasteiger partial charge in [0.1, 0.15) is 18.2 Å². The molecule has 0 saturated heterocycles. The molecule has 0 saturated carbocycles. The zero-order valence-corrected chi connectivity index (χ0v) is 20.2. The Morgan fingerprint density at radius 1 is 1.03 bits per heavy atom. The van der Waals surface area contributed by atoms with E-state index in [1.165, 1.54) is 19.3 Å². The van der Waals surface area contributed by atoms with Gasteiger partial charge < -0.3 is 14.8 Å². The highest BCUT2D eigenvalue weighted by Gasteiger charge is 2.16. The fourth-order valence-corrected chi connectivity index (χ4v) is 3.49. The van der Waals surface area contributed by atoms with Crippen molar-refractivity contribution in [2.45, 2.75) is 6.61 Å². The van der Waals surface area contributed by atoms with Crippen LogP contribution in [0.15, 0.2) is 60.2 Å². The Labute approximate surface area is 211 Å². The molecule has 0 atom stereocenters. The predicted octanol–water partition coefficient (Wildman–Crippen LogP) is 7.43. The molecule has 0 aliphatic heterocycles. The maximum Gasteiger partial charge on any atom is 0.266 e. The van der Waals surface area contributed by atoms with Crippen molar-refractivity contribution in [2.75, 3.05) is 12.4 Å². The fraction of sp³-hybridized carbons (Fsp3) is 0.0833. The number of carbonyl (C=O) groups is 1. The first kappa shape index (κ1) is 24.8. The third-order valence-corrected chi connectivity index (χ3v) is 5.74. The molecule has 3 rings (SSSR count). The summed E-state index contributed by atoms with van der Waals surface area (Å²) in [5.41, 5.74) is 1.37. The van der Waals surface area contributed by atoms with Crippen LogP contribution in [0.3, 0.4) is 0 Å². The number of ether oxygens (including phenoxy) is 2. The maximum atomic E-state index is 12.7. The number of nitrogens with one attached hydrogen (secondary N) is 1. The van der Waals surface area contributed by atoms with Gasteiger partial charge in [0, 0.05) is 10.6 Å². The van der Waals surface area contributed by atoms with E-state index in [-0.39, 0.29) is 22.9 Å². The van der Waals surface area contributed by atoms with Crippen LogP contribution in [-0.2, 0) is 11.4 Å². The Hall–Kier alpha value is -2.88. The lowest BCUT2D eigenvalue weighted by Gasteiger charge is -2.14. The van der Waals surface area contributed by atoms with E-state index < -0.39 is 5.91 Å². The molecule has 3 aromatic rings. The highest BCUT2D eigenvalue weighted by atomic mass is 35.5. The molecule has 0 fully saturated rings. The Bertz CT molecular complexity index is 1270. The summed E-state index contributed by atoms with van der Waals surface area (Å²) in [4.78, 5) is 12.7. The second-order valence-corrected chi connectivity index (χ2v) is 8.32. The normalized spacial score (nSPS) is 11.0. The molecule has 33 heavy (non-hydrogen) atoms. The number of nitrogens with zero attached hydrogens (tertiary/aromatic N) is 1. The van der Waals surface area contributed by atoms with Gasteiger partial charge in [-0.3, -0.25) is 4.79 Å². The van der Waals surface area contributed by atoms with E-state index in [0.29, 0.717) is 32.1 Å². The van der Waals surface area contributed by atoms with E-state index in [1.54, 1.807) is 48.5 Å². The molecule has 168 valence electrons. The minimum atomic E-state index is -0.653. The number of hydrogen-bond donors (Lipinski definition) is 1. The van der Waals surface area contributed by atoms with Gasteiger partial charge in [-0.2, -0.15) is 5.26 Å². The molecule has 0 aromatic heterocycles. The Balaban J connectivity index is 1.90. The number of hydrogen-bond acceptors (Lipinski definition) is 4. The summed E-state index contributed by atoms with van der Waals surface area (Å²) in [6, 6.07) is 16.8. The molecule has 5 nitrogen and oxygen atoms in total. The molecule has 1 amide bonds.